The van der Waals surface area contributed by atoms with Crippen molar-refractivity contribution in [1.29, 1.82) is 0 Å². The first kappa shape index (κ1) is 13.9. The predicted molar refractivity (Wildman–Crippen MR) is 70.5 cm³/mol. The highest BCUT2D eigenvalue weighted by atomic mass is 32.1. The zero-order valence-corrected chi connectivity index (χ0v) is 11.1. The Bertz CT molecular complexity index is 532. The number of nitrogens with zero attached hydrogens (tertiary/aromatic N) is 1. The lowest BCUT2D eigenvalue weighted by molar-refractivity contribution is -0.137. The fraction of sp³-hybridized carbons (Fsp3) is 0.308. The highest BCUT2D eigenvalue weighted by molar-refractivity contribution is 7.09. The maximum Gasteiger partial charge on any atom is 0.443 e. The van der Waals surface area contributed by atoms with E-state index >= 15 is 0 Å². The summed E-state index contributed by atoms with van der Waals surface area (Å²) in [5.74, 6) is 0. The number of hydrogen-bond donors (Lipinski definition) is 1. The molecule has 0 radical (unpaired) electrons. The van der Waals surface area contributed by atoms with Crippen LogP contribution in [-0.4, -0.2) is 11.5 Å². The van der Waals surface area contributed by atoms with Gasteiger partial charge in [-0.1, -0.05) is 17.7 Å². The SMILES string of the molecule is Cc1ccc(NCCc2csc(C(F)(F)F)n2)cc1. The van der Waals surface area contributed by atoms with Crippen LogP contribution in [0.4, 0.5) is 18.9 Å². The maximum absolute atomic E-state index is 12.4. The summed E-state index contributed by atoms with van der Waals surface area (Å²) in [7, 11) is 0. The molecule has 1 aromatic heterocycles. The second-order valence-corrected chi connectivity index (χ2v) is 5.04. The van der Waals surface area contributed by atoms with Crippen LogP contribution >= 0.6 is 11.3 Å². The van der Waals surface area contributed by atoms with Gasteiger partial charge in [0.2, 0.25) is 0 Å². The third-order valence-electron chi connectivity index (χ3n) is 2.56. The summed E-state index contributed by atoms with van der Waals surface area (Å²) < 4.78 is 37.1. The molecule has 19 heavy (non-hydrogen) atoms. The van der Waals surface area contributed by atoms with E-state index in [1.165, 1.54) is 10.9 Å². The van der Waals surface area contributed by atoms with Crippen molar-refractivity contribution < 1.29 is 13.2 Å². The average molecular weight is 286 g/mol. The number of halogens is 3. The van der Waals surface area contributed by atoms with E-state index in [4.69, 9.17) is 0 Å². The molecule has 2 rings (SSSR count). The molecule has 2 nitrogen and oxygen atoms in total. The van der Waals surface area contributed by atoms with E-state index in [9.17, 15) is 13.2 Å². The smallest absolute Gasteiger partial charge is 0.385 e. The van der Waals surface area contributed by atoms with Crippen molar-refractivity contribution >= 4 is 17.0 Å². The van der Waals surface area contributed by atoms with Gasteiger partial charge in [0.05, 0.1) is 5.69 Å². The number of anilines is 1. The van der Waals surface area contributed by atoms with Gasteiger partial charge in [-0.05, 0) is 19.1 Å². The van der Waals surface area contributed by atoms with E-state index in [2.05, 4.69) is 10.3 Å². The maximum atomic E-state index is 12.4. The number of thiazole rings is 1. The molecule has 6 heteroatoms. The van der Waals surface area contributed by atoms with Gasteiger partial charge in [0.25, 0.3) is 0 Å². The van der Waals surface area contributed by atoms with Crippen LogP contribution in [0.1, 0.15) is 16.3 Å². The Kier molecular flexibility index (Phi) is 4.09. The van der Waals surface area contributed by atoms with Crippen molar-refractivity contribution in [1.82, 2.24) is 4.98 Å². The van der Waals surface area contributed by atoms with Crippen LogP contribution in [-0.2, 0) is 12.6 Å². The fourth-order valence-corrected chi connectivity index (χ4v) is 2.28. The molecule has 1 heterocycles. The van der Waals surface area contributed by atoms with Crippen LogP contribution in [0.5, 0.6) is 0 Å². The molecule has 0 aliphatic heterocycles. The Morgan fingerprint density at radius 1 is 1.21 bits per heavy atom. The lowest BCUT2D eigenvalue weighted by atomic mass is 10.2. The van der Waals surface area contributed by atoms with Gasteiger partial charge >= 0.3 is 6.18 Å². The van der Waals surface area contributed by atoms with Crippen molar-refractivity contribution in [3.8, 4) is 0 Å². The summed E-state index contributed by atoms with van der Waals surface area (Å²) in [6, 6.07) is 7.84. The van der Waals surface area contributed by atoms with Gasteiger partial charge in [0.1, 0.15) is 0 Å². The molecule has 0 bridgehead atoms. The Balaban J connectivity index is 1.86. The van der Waals surface area contributed by atoms with Crippen LogP contribution in [0.2, 0.25) is 0 Å². The second kappa shape index (κ2) is 5.61. The molecule has 0 aliphatic rings. The Morgan fingerprint density at radius 2 is 1.89 bits per heavy atom. The van der Waals surface area contributed by atoms with Crippen LogP contribution in [0.25, 0.3) is 0 Å². The number of benzene rings is 1. The first-order chi connectivity index (χ1) is 8.95. The summed E-state index contributed by atoms with van der Waals surface area (Å²) in [6.45, 7) is 2.56. The Labute approximate surface area is 113 Å². The van der Waals surface area contributed by atoms with E-state index in [1.807, 2.05) is 31.2 Å². The van der Waals surface area contributed by atoms with Crippen LogP contribution < -0.4 is 5.32 Å². The van der Waals surface area contributed by atoms with Gasteiger partial charge in [-0.25, -0.2) is 4.98 Å². The van der Waals surface area contributed by atoms with Gasteiger partial charge in [-0.3, -0.25) is 0 Å². The zero-order valence-electron chi connectivity index (χ0n) is 10.3. The van der Waals surface area contributed by atoms with Crippen molar-refractivity contribution in [3.05, 3.63) is 45.9 Å². The van der Waals surface area contributed by atoms with E-state index in [0.717, 1.165) is 5.69 Å². The predicted octanol–water partition coefficient (Wildman–Crippen LogP) is 4.12. The largest absolute Gasteiger partial charge is 0.443 e. The normalized spacial score (nSPS) is 11.6. The van der Waals surface area contributed by atoms with E-state index in [0.29, 0.717) is 30.0 Å². The summed E-state index contributed by atoms with van der Waals surface area (Å²) in [5, 5.41) is 3.83. The zero-order chi connectivity index (χ0) is 13.9. The van der Waals surface area contributed by atoms with E-state index < -0.39 is 11.2 Å². The van der Waals surface area contributed by atoms with Crippen molar-refractivity contribution in [3.63, 3.8) is 0 Å². The summed E-state index contributed by atoms with van der Waals surface area (Å²) in [4.78, 5) is 3.58. The molecule has 2 aromatic rings. The van der Waals surface area contributed by atoms with Crippen molar-refractivity contribution in [2.45, 2.75) is 19.5 Å². The molecule has 0 saturated carbocycles. The van der Waals surface area contributed by atoms with Gasteiger partial charge in [-0.15, -0.1) is 11.3 Å². The highest BCUT2D eigenvalue weighted by Crippen LogP contribution is 2.31. The number of alkyl halides is 3. The molecule has 0 atom stereocenters. The Morgan fingerprint density at radius 3 is 2.47 bits per heavy atom. The summed E-state index contributed by atoms with van der Waals surface area (Å²) in [6.07, 6.45) is -3.87. The van der Waals surface area contributed by atoms with Gasteiger partial charge in [0.15, 0.2) is 5.01 Å². The molecular formula is C13H13F3N2S. The minimum atomic E-state index is -4.34. The fourth-order valence-electron chi connectivity index (χ4n) is 1.56. The standard InChI is InChI=1S/C13H13F3N2S/c1-9-2-4-10(5-3-9)17-7-6-11-8-19-12(18-11)13(14,15)16/h2-5,8,17H,6-7H2,1H3. The Hall–Kier alpha value is -1.56. The molecule has 102 valence electrons. The molecule has 1 aromatic carbocycles. The molecule has 0 unspecified atom stereocenters. The summed E-state index contributed by atoms with van der Waals surface area (Å²) >= 11 is 0.641. The van der Waals surface area contributed by atoms with Crippen LogP contribution in [0.15, 0.2) is 29.6 Å². The van der Waals surface area contributed by atoms with Gasteiger partial charge < -0.3 is 5.32 Å². The second-order valence-electron chi connectivity index (χ2n) is 4.18. The number of hydrogen-bond acceptors (Lipinski definition) is 3. The minimum Gasteiger partial charge on any atom is -0.385 e. The summed E-state index contributed by atoms with van der Waals surface area (Å²) in [5.41, 5.74) is 2.59. The monoisotopic (exact) mass is 286 g/mol. The first-order valence-electron chi connectivity index (χ1n) is 5.77. The first-order valence-corrected chi connectivity index (χ1v) is 6.65. The number of rotatable bonds is 4. The molecule has 0 spiro atoms. The molecule has 0 aliphatic carbocycles. The minimum absolute atomic E-state index is 0.469. The number of nitrogens with one attached hydrogen (secondary N) is 1. The quantitative estimate of drug-likeness (QED) is 0.914. The van der Waals surface area contributed by atoms with Crippen LogP contribution in [0.3, 0.4) is 0 Å². The molecular weight excluding hydrogens is 273 g/mol. The van der Waals surface area contributed by atoms with Gasteiger partial charge in [-0.2, -0.15) is 13.2 Å². The topological polar surface area (TPSA) is 24.9 Å². The number of aryl methyl sites for hydroxylation is 1. The number of aromatic nitrogens is 1. The lowest BCUT2D eigenvalue weighted by Crippen LogP contribution is -2.07. The molecule has 0 amide bonds. The van der Waals surface area contributed by atoms with Crippen LogP contribution in [0, 0.1) is 6.92 Å². The van der Waals surface area contributed by atoms with Crippen molar-refractivity contribution in [2.24, 2.45) is 0 Å². The molecule has 1 N–H and O–H groups in total. The molecule has 0 fully saturated rings. The van der Waals surface area contributed by atoms with E-state index in [1.54, 1.807) is 0 Å². The van der Waals surface area contributed by atoms with Gasteiger partial charge in [0, 0.05) is 24.0 Å². The van der Waals surface area contributed by atoms with Crippen molar-refractivity contribution in [2.75, 3.05) is 11.9 Å². The third kappa shape index (κ3) is 3.96. The third-order valence-corrected chi connectivity index (χ3v) is 3.49. The lowest BCUT2D eigenvalue weighted by Gasteiger charge is -2.05. The van der Waals surface area contributed by atoms with E-state index in [-0.39, 0.29) is 0 Å². The molecule has 0 saturated heterocycles. The average Bonchev–Trinajstić information content (AvgIpc) is 2.80. The highest BCUT2D eigenvalue weighted by Gasteiger charge is 2.34.